The molecule has 0 aliphatic carbocycles. The summed E-state index contributed by atoms with van der Waals surface area (Å²) in [4.78, 5) is 29.5. The highest BCUT2D eigenvalue weighted by molar-refractivity contribution is 8.00. The van der Waals surface area contributed by atoms with Gasteiger partial charge in [0.1, 0.15) is 5.54 Å². The molecule has 0 fully saturated rings. The van der Waals surface area contributed by atoms with Crippen LogP contribution in [-0.2, 0) is 9.59 Å². The van der Waals surface area contributed by atoms with Crippen molar-refractivity contribution >= 4 is 23.6 Å². The van der Waals surface area contributed by atoms with E-state index in [0.717, 1.165) is 4.90 Å². The summed E-state index contributed by atoms with van der Waals surface area (Å²) in [5, 5.41) is 9.17. The van der Waals surface area contributed by atoms with Gasteiger partial charge in [-0.25, -0.2) is 4.79 Å². The highest BCUT2D eigenvalue weighted by Gasteiger charge is 2.36. The van der Waals surface area contributed by atoms with E-state index in [1.54, 1.807) is 19.3 Å². The summed E-state index contributed by atoms with van der Waals surface area (Å²) < 4.78 is 0. The van der Waals surface area contributed by atoms with E-state index in [9.17, 15) is 9.59 Å². The molecular formula is C13H18N2O3S. The van der Waals surface area contributed by atoms with Gasteiger partial charge in [-0.15, -0.1) is 11.8 Å². The highest BCUT2D eigenvalue weighted by atomic mass is 32.2. The van der Waals surface area contributed by atoms with Crippen LogP contribution in [-0.4, -0.2) is 44.7 Å². The first kappa shape index (κ1) is 15.5. The van der Waals surface area contributed by atoms with Gasteiger partial charge in [-0.05, 0) is 32.9 Å². The van der Waals surface area contributed by atoms with E-state index in [2.05, 4.69) is 4.98 Å². The van der Waals surface area contributed by atoms with Gasteiger partial charge in [0.25, 0.3) is 0 Å². The third-order valence-corrected chi connectivity index (χ3v) is 3.82. The number of likely N-dealkylation sites (N-methyl/N-ethyl adjacent to an activating group) is 1. The Morgan fingerprint density at radius 2 is 1.95 bits per heavy atom. The normalized spacial score (nSPS) is 11.1. The number of thioether (sulfide) groups is 1. The Morgan fingerprint density at radius 1 is 1.37 bits per heavy atom. The van der Waals surface area contributed by atoms with Crippen LogP contribution in [0.4, 0.5) is 0 Å². The molecule has 0 saturated carbocycles. The molecular weight excluding hydrogens is 264 g/mol. The third kappa shape index (κ3) is 3.96. The molecule has 0 unspecified atom stereocenters. The van der Waals surface area contributed by atoms with E-state index in [4.69, 9.17) is 5.11 Å². The molecule has 1 aromatic rings. The molecule has 0 aliphatic rings. The zero-order valence-electron chi connectivity index (χ0n) is 11.3. The van der Waals surface area contributed by atoms with Crippen molar-refractivity contribution < 1.29 is 14.7 Å². The van der Waals surface area contributed by atoms with Crippen molar-refractivity contribution in [1.82, 2.24) is 9.88 Å². The lowest BCUT2D eigenvalue weighted by Crippen LogP contribution is -2.53. The predicted octanol–water partition coefficient (Wildman–Crippen LogP) is 1.89. The van der Waals surface area contributed by atoms with Gasteiger partial charge in [-0.3, -0.25) is 9.78 Å². The largest absolute Gasteiger partial charge is 0.480 e. The average Bonchev–Trinajstić information content (AvgIpc) is 2.38. The number of aromatic nitrogens is 1. The topological polar surface area (TPSA) is 70.5 Å². The maximum absolute atomic E-state index is 12.1. The lowest BCUT2D eigenvalue weighted by Gasteiger charge is -2.34. The van der Waals surface area contributed by atoms with Crippen molar-refractivity contribution in [3.63, 3.8) is 0 Å². The maximum atomic E-state index is 12.1. The summed E-state index contributed by atoms with van der Waals surface area (Å²) in [7, 11) is 0. The van der Waals surface area contributed by atoms with Crippen LogP contribution < -0.4 is 0 Å². The standard InChI is InChI=1S/C13H18N2O3S/c1-4-15(13(2,3)12(17)18)11(16)9-19-10-5-7-14-8-6-10/h5-8H,4,9H2,1-3H3,(H,17,18). The summed E-state index contributed by atoms with van der Waals surface area (Å²) in [5.74, 6) is -0.970. The van der Waals surface area contributed by atoms with Gasteiger partial charge in [-0.2, -0.15) is 0 Å². The monoisotopic (exact) mass is 282 g/mol. The SMILES string of the molecule is CCN(C(=O)CSc1ccncc1)C(C)(C)C(=O)O. The molecule has 1 amide bonds. The lowest BCUT2D eigenvalue weighted by molar-refractivity contribution is -0.155. The first-order valence-electron chi connectivity index (χ1n) is 5.96. The fourth-order valence-electron chi connectivity index (χ4n) is 1.66. The van der Waals surface area contributed by atoms with Gasteiger partial charge in [-0.1, -0.05) is 0 Å². The lowest BCUT2D eigenvalue weighted by atomic mass is 10.0. The number of carboxylic acid groups (broad SMARTS) is 1. The second-order valence-electron chi connectivity index (χ2n) is 4.47. The van der Waals surface area contributed by atoms with Crippen LogP contribution in [0.25, 0.3) is 0 Å². The van der Waals surface area contributed by atoms with E-state index in [0.29, 0.717) is 6.54 Å². The van der Waals surface area contributed by atoms with Crippen LogP contribution in [0, 0.1) is 0 Å². The Morgan fingerprint density at radius 3 is 2.42 bits per heavy atom. The van der Waals surface area contributed by atoms with Gasteiger partial charge in [0.15, 0.2) is 0 Å². The molecule has 19 heavy (non-hydrogen) atoms. The summed E-state index contributed by atoms with van der Waals surface area (Å²) in [6.07, 6.45) is 3.32. The molecule has 104 valence electrons. The van der Waals surface area contributed by atoms with E-state index in [1.807, 2.05) is 12.1 Å². The van der Waals surface area contributed by atoms with E-state index >= 15 is 0 Å². The van der Waals surface area contributed by atoms with Crippen LogP contribution >= 0.6 is 11.8 Å². The predicted molar refractivity (Wildman–Crippen MR) is 74.1 cm³/mol. The molecule has 0 spiro atoms. The fraction of sp³-hybridized carbons (Fsp3) is 0.462. The highest BCUT2D eigenvalue weighted by Crippen LogP contribution is 2.20. The molecule has 0 saturated heterocycles. The van der Waals surface area contributed by atoms with E-state index in [1.165, 1.54) is 30.5 Å². The number of pyridine rings is 1. The van der Waals surface area contributed by atoms with Crippen LogP contribution in [0.3, 0.4) is 0 Å². The quantitative estimate of drug-likeness (QED) is 0.807. The van der Waals surface area contributed by atoms with Crippen molar-refractivity contribution in [3.8, 4) is 0 Å². The smallest absolute Gasteiger partial charge is 0.329 e. The number of rotatable bonds is 6. The third-order valence-electron chi connectivity index (χ3n) is 2.83. The second-order valence-corrected chi connectivity index (χ2v) is 5.52. The molecule has 1 aromatic heterocycles. The summed E-state index contributed by atoms with van der Waals surface area (Å²) in [5.41, 5.74) is -1.19. The van der Waals surface area contributed by atoms with Crippen LogP contribution in [0.5, 0.6) is 0 Å². The summed E-state index contributed by atoms with van der Waals surface area (Å²) in [6.45, 7) is 5.22. The number of aliphatic carboxylic acids is 1. The number of hydrogen-bond acceptors (Lipinski definition) is 4. The average molecular weight is 282 g/mol. The fourth-order valence-corrected chi connectivity index (χ4v) is 2.42. The maximum Gasteiger partial charge on any atom is 0.329 e. The molecule has 0 bridgehead atoms. The number of amides is 1. The minimum absolute atomic E-state index is 0.184. The van der Waals surface area contributed by atoms with Crippen molar-refractivity contribution in [2.24, 2.45) is 0 Å². The molecule has 6 heteroatoms. The molecule has 0 aromatic carbocycles. The molecule has 1 rings (SSSR count). The molecule has 0 radical (unpaired) electrons. The Labute approximate surface area is 117 Å². The van der Waals surface area contributed by atoms with Crippen molar-refractivity contribution in [1.29, 1.82) is 0 Å². The molecule has 5 nitrogen and oxygen atoms in total. The van der Waals surface area contributed by atoms with Gasteiger partial charge in [0, 0.05) is 23.8 Å². The first-order valence-corrected chi connectivity index (χ1v) is 6.94. The number of nitrogens with zero attached hydrogens (tertiary/aromatic N) is 2. The second kappa shape index (κ2) is 6.56. The summed E-state index contributed by atoms with van der Waals surface area (Å²) in [6, 6.07) is 3.63. The first-order chi connectivity index (χ1) is 8.89. The van der Waals surface area contributed by atoms with Crippen molar-refractivity contribution in [3.05, 3.63) is 24.5 Å². The zero-order valence-corrected chi connectivity index (χ0v) is 12.1. The van der Waals surface area contributed by atoms with Gasteiger partial charge >= 0.3 is 5.97 Å². The van der Waals surface area contributed by atoms with Gasteiger partial charge in [0.2, 0.25) is 5.91 Å². The van der Waals surface area contributed by atoms with E-state index in [-0.39, 0.29) is 11.7 Å². The molecule has 1 N–H and O–H groups in total. The number of hydrogen-bond donors (Lipinski definition) is 1. The Bertz CT molecular complexity index is 448. The molecule has 0 atom stereocenters. The minimum Gasteiger partial charge on any atom is -0.480 e. The van der Waals surface area contributed by atoms with Crippen LogP contribution in [0.15, 0.2) is 29.4 Å². The Hall–Kier alpha value is -1.56. The van der Waals surface area contributed by atoms with Crippen LogP contribution in [0.2, 0.25) is 0 Å². The van der Waals surface area contributed by atoms with Gasteiger partial charge in [0.05, 0.1) is 5.75 Å². The van der Waals surface area contributed by atoms with E-state index < -0.39 is 11.5 Å². The van der Waals surface area contributed by atoms with Gasteiger partial charge < -0.3 is 10.0 Å². The molecule has 1 heterocycles. The van der Waals surface area contributed by atoms with Crippen molar-refractivity contribution in [2.75, 3.05) is 12.3 Å². The molecule has 0 aliphatic heterocycles. The van der Waals surface area contributed by atoms with Crippen LogP contribution in [0.1, 0.15) is 20.8 Å². The number of carbonyl (C=O) groups is 2. The van der Waals surface area contributed by atoms with Crippen molar-refractivity contribution in [2.45, 2.75) is 31.2 Å². The number of carboxylic acids is 1. The Kier molecular flexibility index (Phi) is 5.35. The Balaban J connectivity index is 2.68. The summed E-state index contributed by atoms with van der Waals surface area (Å²) >= 11 is 1.38. The number of carbonyl (C=O) groups excluding carboxylic acids is 1. The minimum atomic E-state index is -1.19. The zero-order chi connectivity index (χ0) is 14.5.